The number of benzene rings is 3. The van der Waals surface area contributed by atoms with Gasteiger partial charge in [-0.2, -0.15) is 5.10 Å². The SMILES string of the molecule is O=c1c2cccc(/C=N\Nc3cc(Cl)ccc3Cl)c2oc2c(Cl)c(O)c(Cl)c(O)c12. The zero-order valence-corrected chi connectivity index (χ0v) is 17.7. The maximum atomic E-state index is 12.9. The minimum atomic E-state index is -0.611. The van der Waals surface area contributed by atoms with Crippen molar-refractivity contribution >= 4 is 80.2 Å². The predicted octanol–water partition coefficient (Wildman–Crippen LogP) is 6.42. The summed E-state index contributed by atoms with van der Waals surface area (Å²) in [6.07, 6.45) is 1.41. The van der Waals surface area contributed by atoms with Crippen molar-refractivity contribution in [2.75, 3.05) is 5.43 Å². The molecule has 6 nitrogen and oxygen atoms in total. The van der Waals surface area contributed by atoms with E-state index >= 15 is 0 Å². The highest BCUT2D eigenvalue weighted by molar-refractivity contribution is 6.42. The second kappa shape index (κ2) is 7.89. The van der Waals surface area contributed by atoms with Crippen molar-refractivity contribution in [3.05, 3.63) is 72.3 Å². The molecule has 0 aliphatic carbocycles. The van der Waals surface area contributed by atoms with Crippen LogP contribution >= 0.6 is 46.4 Å². The van der Waals surface area contributed by atoms with Crippen molar-refractivity contribution in [2.24, 2.45) is 5.10 Å². The molecule has 1 heterocycles. The molecular weight excluding hydrogens is 474 g/mol. The molecular formula is C20H10Cl4N2O4. The number of para-hydroxylation sites is 1. The Morgan fingerprint density at radius 2 is 1.73 bits per heavy atom. The Kier molecular flexibility index (Phi) is 5.42. The maximum Gasteiger partial charge on any atom is 0.204 e. The molecule has 4 aromatic rings. The number of hydrogen-bond donors (Lipinski definition) is 3. The molecule has 30 heavy (non-hydrogen) atoms. The number of hydrogen-bond acceptors (Lipinski definition) is 6. The van der Waals surface area contributed by atoms with Gasteiger partial charge in [0.05, 0.1) is 22.3 Å². The summed E-state index contributed by atoms with van der Waals surface area (Å²) in [5.41, 5.74) is 3.08. The third-order valence-corrected chi connectivity index (χ3v) is 5.60. The van der Waals surface area contributed by atoms with Gasteiger partial charge in [0.1, 0.15) is 21.0 Å². The van der Waals surface area contributed by atoms with Gasteiger partial charge in [-0.05, 0) is 30.3 Å². The van der Waals surface area contributed by atoms with E-state index in [0.717, 1.165) is 0 Å². The lowest BCUT2D eigenvalue weighted by Crippen LogP contribution is -2.04. The summed E-state index contributed by atoms with van der Waals surface area (Å²) in [6.45, 7) is 0. The molecule has 0 radical (unpaired) electrons. The Balaban J connectivity index is 1.88. The van der Waals surface area contributed by atoms with Crippen LogP contribution in [0.2, 0.25) is 20.1 Å². The Morgan fingerprint density at radius 3 is 2.50 bits per heavy atom. The normalized spacial score (nSPS) is 11.6. The molecule has 10 heteroatoms. The number of fused-ring (bicyclic) bond motifs is 2. The fraction of sp³-hybridized carbons (Fsp3) is 0. The van der Waals surface area contributed by atoms with Gasteiger partial charge < -0.3 is 14.6 Å². The average molecular weight is 484 g/mol. The van der Waals surface area contributed by atoms with E-state index in [0.29, 0.717) is 21.3 Å². The summed E-state index contributed by atoms with van der Waals surface area (Å²) in [6, 6.07) is 9.67. The van der Waals surface area contributed by atoms with E-state index < -0.39 is 22.0 Å². The van der Waals surface area contributed by atoms with Crippen molar-refractivity contribution in [3.63, 3.8) is 0 Å². The van der Waals surface area contributed by atoms with Gasteiger partial charge in [-0.25, -0.2) is 0 Å². The summed E-state index contributed by atoms with van der Waals surface area (Å²) in [5.74, 6) is -1.20. The van der Waals surface area contributed by atoms with Crippen LogP contribution in [0, 0.1) is 0 Å². The highest BCUT2D eigenvalue weighted by Crippen LogP contribution is 2.45. The number of nitrogens with one attached hydrogen (secondary N) is 1. The van der Waals surface area contributed by atoms with E-state index in [9.17, 15) is 15.0 Å². The van der Waals surface area contributed by atoms with Crippen molar-refractivity contribution < 1.29 is 14.6 Å². The molecule has 0 aliphatic heterocycles. The van der Waals surface area contributed by atoms with Crippen molar-refractivity contribution in [2.45, 2.75) is 0 Å². The standard InChI is InChI=1S/C20H10Cl4N2O4/c21-9-4-5-11(22)12(6-9)26-25-7-8-2-1-3-10-16(27)13-17(28)14(23)18(29)15(24)20(13)30-19(8)10/h1-7,26,28-29H/b25-7-. The summed E-state index contributed by atoms with van der Waals surface area (Å²) < 4.78 is 5.77. The van der Waals surface area contributed by atoms with E-state index in [-0.39, 0.29) is 27.0 Å². The summed E-state index contributed by atoms with van der Waals surface area (Å²) in [4.78, 5) is 12.9. The molecule has 0 spiro atoms. The first kappa shape index (κ1) is 20.6. The Bertz CT molecular complexity index is 1420. The van der Waals surface area contributed by atoms with Crippen LogP contribution in [0.15, 0.2) is 50.7 Å². The molecule has 3 N–H and O–H groups in total. The zero-order valence-electron chi connectivity index (χ0n) is 14.7. The van der Waals surface area contributed by atoms with Gasteiger partial charge in [0.25, 0.3) is 0 Å². The number of rotatable bonds is 3. The van der Waals surface area contributed by atoms with E-state index in [4.69, 9.17) is 50.8 Å². The molecule has 4 rings (SSSR count). The van der Waals surface area contributed by atoms with Crippen LogP contribution < -0.4 is 10.9 Å². The molecule has 0 bridgehead atoms. The number of phenolic OH excluding ortho intramolecular Hbond substituents is 2. The zero-order chi connectivity index (χ0) is 21.6. The molecule has 152 valence electrons. The number of halogens is 4. The quantitative estimate of drug-likeness (QED) is 0.177. The number of aromatic hydroxyl groups is 2. The smallest absolute Gasteiger partial charge is 0.204 e. The summed E-state index contributed by atoms with van der Waals surface area (Å²) in [5, 5.41) is 24.4. The Morgan fingerprint density at radius 1 is 0.967 bits per heavy atom. The van der Waals surface area contributed by atoms with Gasteiger partial charge in [0.2, 0.25) is 5.43 Å². The van der Waals surface area contributed by atoms with Crippen LogP contribution in [0.25, 0.3) is 21.9 Å². The predicted molar refractivity (Wildman–Crippen MR) is 121 cm³/mol. The molecule has 0 amide bonds. The molecule has 0 saturated carbocycles. The molecule has 0 aliphatic rings. The fourth-order valence-electron chi connectivity index (χ4n) is 2.89. The van der Waals surface area contributed by atoms with Gasteiger partial charge in [-0.1, -0.05) is 52.5 Å². The van der Waals surface area contributed by atoms with E-state index in [1.165, 1.54) is 12.3 Å². The van der Waals surface area contributed by atoms with Gasteiger partial charge >= 0.3 is 0 Å². The fourth-order valence-corrected chi connectivity index (χ4v) is 3.69. The lowest BCUT2D eigenvalue weighted by molar-refractivity contribution is 0.453. The first-order valence-electron chi connectivity index (χ1n) is 8.32. The minimum Gasteiger partial charge on any atom is -0.505 e. The molecule has 0 saturated heterocycles. The van der Waals surface area contributed by atoms with Crippen molar-refractivity contribution in [1.29, 1.82) is 0 Å². The topological polar surface area (TPSA) is 95.1 Å². The third kappa shape index (κ3) is 3.42. The molecule has 0 unspecified atom stereocenters. The average Bonchev–Trinajstić information content (AvgIpc) is 2.73. The molecule has 1 aromatic heterocycles. The summed E-state index contributed by atoms with van der Waals surface area (Å²) >= 11 is 24.0. The molecule has 0 fully saturated rings. The summed E-state index contributed by atoms with van der Waals surface area (Å²) in [7, 11) is 0. The van der Waals surface area contributed by atoms with Crippen molar-refractivity contribution in [3.8, 4) is 11.5 Å². The number of nitrogens with zero attached hydrogens (tertiary/aromatic N) is 1. The van der Waals surface area contributed by atoms with Gasteiger partial charge in [-0.3, -0.25) is 10.2 Å². The van der Waals surface area contributed by atoms with Crippen LogP contribution in [-0.2, 0) is 0 Å². The largest absolute Gasteiger partial charge is 0.505 e. The van der Waals surface area contributed by atoms with E-state index in [2.05, 4.69) is 10.5 Å². The van der Waals surface area contributed by atoms with Crippen LogP contribution in [-0.4, -0.2) is 16.4 Å². The van der Waals surface area contributed by atoms with Gasteiger partial charge in [0.15, 0.2) is 17.1 Å². The van der Waals surface area contributed by atoms with Gasteiger partial charge in [0, 0.05) is 10.6 Å². The number of phenols is 2. The first-order valence-corrected chi connectivity index (χ1v) is 9.83. The van der Waals surface area contributed by atoms with E-state index in [1.807, 2.05) is 0 Å². The highest BCUT2D eigenvalue weighted by atomic mass is 35.5. The van der Waals surface area contributed by atoms with Crippen LogP contribution in [0.4, 0.5) is 5.69 Å². The molecule has 3 aromatic carbocycles. The number of hydrazone groups is 1. The van der Waals surface area contributed by atoms with Crippen LogP contribution in [0.1, 0.15) is 5.56 Å². The maximum absolute atomic E-state index is 12.9. The monoisotopic (exact) mass is 482 g/mol. The Labute approximate surface area is 188 Å². The second-order valence-corrected chi connectivity index (χ2v) is 7.78. The minimum absolute atomic E-state index is 0.153. The molecule has 0 atom stereocenters. The second-order valence-electron chi connectivity index (χ2n) is 6.18. The Hall–Kier alpha value is -2.64. The lowest BCUT2D eigenvalue weighted by atomic mass is 10.1. The van der Waals surface area contributed by atoms with Crippen LogP contribution in [0.5, 0.6) is 11.5 Å². The third-order valence-electron chi connectivity index (χ3n) is 4.33. The van der Waals surface area contributed by atoms with Gasteiger partial charge in [-0.15, -0.1) is 0 Å². The van der Waals surface area contributed by atoms with E-state index in [1.54, 1.807) is 30.3 Å². The van der Waals surface area contributed by atoms with Crippen LogP contribution in [0.3, 0.4) is 0 Å². The van der Waals surface area contributed by atoms with Crippen molar-refractivity contribution in [1.82, 2.24) is 0 Å². The highest BCUT2D eigenvalue weighted by Gasteiger charge is 2.22. The lowest BCUT2D eigenvalue weighted by Gasteiger charge is -2.09. The first-order chi connectivity index (χ1) is 14.3. The number of anilines is 1.